The summed E-state index contributed by atoms with van der Waals surface area (Å²) < 4.78 is 0. The normalized spacial score (nSPS) is 11.4. The predicted octanol–water partition coefficient (Wildman–Crippen LogP) is 4.69. The third kappa shape index (κ3) is 3.30. The van der Waals surface area contributed by atoms with Crippen molar-refractivity contribution in [3.05, 3.63) is 54.0 Å². The maximum atomic E-state index is 4.99. The van der Waals surface area contributed by atoms with Gasteiger partial charge in [0.1, 0.15) is 0 Å². The molecule has 27 heavy (non-hydrogen) atoms. The number of aromatic amines is 1. The minimum Gasteiger partial charge on any atom is -0.262 e. The van der Waals surface area contributed by atoms with Crippen LogP contribution in [0, 0.1) is 6.92 Å². The molecule has 0 unspecified atom stereocenters. The summed E-state index contributed by atoms with van der Waals surface area (Å²) in [6.45, 7) is 6.38. The third-order valence-electron chi connectivity index (χ3n) is 5.03. The molecule has 136 valence electrons. The molecule has 0 fully saturated rings. The van der Waals surface area contributed by atoms with E-state index in [-0.39, 0.29) is 0 Å². The van der Waals surface area contributed by atoms with Crippen LogP contribution in [0.15, 0.2) is 42.6 Å². The van der Waals surface area contributed by atoms with Crippen LogP contribution in [0.4, 0.5) is 0 Å². The van der Waals surface area contributed by atoms with Crippen molar-refractivity contribution in [2.24, 2.45) is 0 Å². The zero-order valence-electron chi connectivity index (χ0n) is 15.8. The van der Waals surface area contributed by atoms with E-state index < -0.39 is 0 Å². The molecule has 3 aromatic heterocycles. The molecule has 0 saturated carbocycles. The van der Waals surface area contributed by atoms with Crippen molar-refractivity contribution in [2.45, 2.75) is 39.5 Å². The van der Waals surface area contributed by atoms with Gasteiger partial charge in [-0.25, -0.2) is 0 Å². The molecule has 6 heteroatoms. The van der Waals surface area contributed by atoms with Gasteiger partial charge in [-0.2, -0.15) is 5.21 Å². The van der Waals surface area contributed by atoms with E-state index >= 15 is 0 Å². The molecular formula is C21H22N6. The molecule has 0 atom stereocenters. The molecule has 6 nitrogen and oxygen atoms in total. The Morgan fingerprint density at radius 3 is 2.52 bits per heavy atom. The maximum absolute atomic E-state index is 4.99. The van der Waals surface area contributed by atoms with E-state index in [0.29, 0.717) is 11.7 Å². The number of fused-ring (bicyclic) bond motifs is 1. The van der Waals surface area contributed by atoms with Crippen molar-refractivity contribution >= 4 is 10.9 Å². The number of aromatic nitrogens is 6. The number of nitrogens with zero attached hydrogens (tertiary/aromatic N) is 5. The number of tetrazole rings is 1. The van der Waals surface area contributed by atoms with Gasteiger partial charge in [0, 0.05) is 28.8 Å². The highest BCUT2D eigenvalue weighted by molar-refractivity contribution is 5.88. The second-order valence-corrected chi connectivity index (χ2v) is 6.76. The monoisotopic (exact) mass is 358 g/mol. The van der Waals surface area contributed by atoms with Crippen molar-refractivity contribution in [1.29, 1.82) is 0 Å². The van der Waals surface area contributed by atoms with Gasteiger partial charge in [0.25, 0.3) is 0 Å². The van der Waals surface area contributed by atoms with Crippen LogP contribution in [-0.2, 0) is 0 Å². The Labute approximate surface area is 158 Å². The largest absolute Gasteiger partial charge is 0.262 e. The highest BCUT2D eigenvalue weighted by Crippen LogP contribution is 2.33. The van der Waals surface area contributed by atoms with Crippen LogP contribution in [0.5, 0.6) is 0 Å². The fourth-order valence-corrected chi connectivity index (χ4v) is 3.54. The van der Waals surface area contributed by atoms with Crippen molar-refractivity contribution < 1.29 is 0 Å². The fraction of sp³-hybridized carbons (Fsp3) is 0.286. The van der Waals surface area contributed by atoms with Gasteiger partial charge in [-0.05, 0) is 66.4 Å². The first kappa shape index (κ1) is 17.3. The SMILES string of the molecule is CCC(CC)c1nc2ccc(-c3ccnc(C)c3)cc2cc1-c1nn[nH]n1. The number of nitrogens with one attached hydrogen (secondary N) is 1. The Hall–Kier alpha value is -3.15. The van der Waals surface area contributed by atoms with Crippen LogP contribution < -0.4 is 0 Å². The molecule has 0 amide bonds. The second-order valence-electron chi connectivity index (χ2n) is 6.76. The molecule has 0 radical (unpaired) electrons. The van der Waals surface area contributed by atoms with Crippen LogP contribution in [0.3, 0.4) is 0 Å². The number of hydrogen-bond acceptors (Lipinski definition) is 5. The quantitative estimate of drug-likeness (QED) is 0.560. The van der Waals surface area contributed by atoms with Gasteiger partial charge >= 0.3 is 0 Å². The zero-order valence-corrected chi connectivity index (χ0v) is 15.8. The van der Waals surface area contributed by atoms with Crippen molar-refractivity contribution in [3.63, 3.8) is 0 Å². The molecule has 4 rings (SSSR count). The van der Waals surface area contributed by atoms with Crippen LogP contribution in [-0.4, -0.2) is 30.6 Å². The molecule has 0 aliphatic rings. The third-order valence-corrected chi connectivity index (χ3v) is 5.03. The zero-order chi connectivity index (χ0) is 18.8. The summed E-state index contributed by atoms with van der Waals surface area (Å²) in [5.41, 5.74) is 6.27. The first-order chi connectivity index (χ1) is 13.2. The number of rotatable bonds is 5. The number of aryl methyl sites for hydroxylation is 1. The lowest BCUT2D eigenvalue weighted by atomic mass is 9.93. The Kier molecular flexibility index (Phi) is 4.62. The number of H-pyrrole nitrogens is 1. The van der Waals surface area contributed by atoms with Gasteiger partial charge in [-0.15, -0.1) is 10.2 Å². The van der Waals surface area contributed by atoms with Gasteiger partial charge in [0.05, 0.1) is 11.2 Å². The standard InChI is InChI=1S/C21H22N6/c1-4-14(5-2)20-18(21-24-26-27-25-21)12-17-11-15(6-7-19(17)23-20)16-8-9-22-13(3)10-16/h6-12,14H,4-5H2,1-3H3,(H,24,25,26,27). The van der Waals surface area contributed by atoms with Gasteiger partial charge in [0.15, 0.2) is 0 Å². The van der Waals surface area contributed by atoms with Crippen LogP contribution in [0.2, 0.25) is 0 Å². The summed E-state index contributed by atoms with van der Waals surface area (Å²) in [5, 5.41) is 15.8. The highest BCUT2D eigenvalue weighted by atomic mass is 15.5. The van der Waals surface area contributed by atoms with Gasteiger partial charge in [-0.1, -0.05) is 19.9 Å². The molecular weight excluding hydrogens is 336 g/mol. The average molecular weight is 358 g/mol. The summed E-state index contributed by atoms with van der Waals surface area (Å²) in [7, 11) is 0. The van der Waals surface area contributed by atoms with Gasteiger partial charge < -0.3 is 0 Å². The lowest BCUT2D eigenvalue weighted by Gasteiger charge is -2.16. The van der Waals surface area contributed by atoms with Crippen LogP contribution in [0.25, 0.3) is 33.4 Å². The topological polar surface area (TPSA) is 80.2 Å². The van der Waals surface area contributed by atoms with Crippen molar-refractivity contribution in [3.8, 4) is 22.5 Å². The van der Waals surface area contributed by atoms with Crippen LogP contribution >= 0.6 is 0 Å². The van der Waals surface area contributed by atoms with Gasteiger partial charge in [0.2, 0.25) is 5.82 Å². The Morgan fingerprint density at radius 1 is 1.00 bits per heavy atom. The fourth-order valence-electron chi connectivity index (χ4n) is 3.54. The van der Waals surface area contributed by atoms with Crippen molar-refractivity contribution in [1.82, 2.24) is 30.6 Å². The summed E-state index contributed by atoms with van der Waals surface area (Å²) in [5.74, 6) is 0.960. The summed E-state index contributed by atoms with van der Waals surface area (Å²) in [6.07, 6.45) is 3.89. The van der Waals surface area contributed by atoms with E-state index in [0.717, 1.165) is 51.8 Å². The Balaban J connectivity index is 1.91. The van der Waals surface area contributed by atoms with E-state index in [1.165, 1.54) is 0 Å². The minimum atomic E-state index is 0.366. The van der Waals surface area contributed by atoms with E-state index in [4.69, 9.17) is 4.98 Å². The average Bonchev–Trinajstić information content (AvgIpc) is 3.22. The first-order valence-electron chi connectivity index (χ1n) is 9.31. The van der Waals surface area contributed by atoms with E-state index in [2.05, 4.69) is 69.8 Å². The van der Waals surface area contributed by atoms with Crippen LogP contribution in [0.1, 0.15) is 44.0 Å². The molecule has 3 heterocycles. The molecule has 0 aliphatic carbocycles. The summed E-state index contributed by atoms with van der Waals surface area (Å²) >= 11 is 0. The molecule has 4 aromatic rings. The second kappa shape index (κ2) is 7.23. The smallest absolute Gasteiger partial charge is 0.206 e. The maximum Gasteiger partial charge on any atom is 0.206 e. The molecule has 1 N–H and O–H groups in total. The summed E-state index contributed by atoms with van der Waals surface area (Å²) in [6, 6.07) is 12.6. The molecule has 0 aliphatic heterocycles. The predicted molar refractivity (Wildman–Crippen MR) is 106 cm³/mol. The number of hydrogen-bond donors (Lipinski definition) is 1. The minimum absolute atomic E-state index is 0.366. The Morgan fingerprint density at radius 2 is 1.81 bits per heavy atom. The molecule has 0 spiro atoms. The molecule has 0 bridgehead atoms. The molecule has 1 aromatic carbocycles. The number of pyridine rings is 2. The summed E-state index contributed by atoms with van der Waals surface area (Å²) in [4.78, 5) is 9.28. The lowest BCUT2D eigenvalue weighted by molar-refractivity contribution is 0.627. The molecule has 0 saturated heterocycles. The number of benzene rings is 1. The Bertz CT molecular complexity index is 1070. The lowest BCUT2D eigenvalue weighted by Crippen LogP contribution is -2.03. The van der Waals surface area contributed by atoms with Crippen molar-refractivity contribution in [2.75, 3.05) is 0 Å². The van der Waals surface area contributed by atoms with E-state index in [9.17, 15) is 0 Å². The van der Waals surface area contributed by atoms with E-state index in [1.807, 2.05) is 19.2 Å². The van der Waals surface area contributed by atoms with Gasteiger partial charge in [-0.3, -0.25) is 9.97 Å². The highest BCUT2D eigenvalue weighted by Gasteiger charge is 2.19. The van der Waals surface area contributed by atoms with E-state index in [1.54, 1.807) is 0 Å². The first-order valence-corrected chi connectivity index (χ1v) is 9.31.